The topological polar surface area (TPSA) is 62.1 Å². The Bertz CT molecular complexity index is 528. The molecule has 0 fully saturated rings. The number of hydrogen-bond acceptors (Lipinski definition) is 3. The van der Waals surface area contributed by atoms with E-state index in [1.807, 2.05) is 54.6 Å². The number of hydrogen-bond donors (Lipinski definition) is 4. The SMILES string of the molecule is Nc1ccccc1NNC(=S)Nc1ccccc1. The molecule has 0 saturated carbocycles. The number of rotatable bonds is 3. The number of hydrazine groups is 1. The predicted octanol–water partition coefficient (Wildman–Crippen LogP) is 2.58. The molecule has 0 aromatic heterocycles. The molecule has 0 amide bonds. The van der Waals surface area contributed by atoms with Gasteiger partial charge in [-0.1, -0.05) is 30.3 Å². The highest BCUT2D eigenvalue weighted by Gasteiger charge is 1.98. The Kier molecular flexibility index (Phi) is 3.98. The molecular formula is C13H14N4S. The van der Waals surface area contributed by atoms with Gasteiger partial charge in [-0.15, -0.1) is 0 Å². The third-order valence-corrected chi connectivity index (χ3v) is 2.51. The Balaban J connectivity index is 1.88. The van der Waals surface area contributed by atoms with Crippen LogP contribution in [-0.4, -0.2) is 5.11 Å². The van der Waals surface area contributed by atoms with Crippen molar-refractivity contribution in [2.45, 2.75) is 0 Å². The van der Waals surface area contributed by atoms with Crippen LogP contribution in [0.3, 0.4) is 0 Å². The van der Waals surface area contributed by atoms with Gasteiger partial charge in [0.1, 0.15) is 0 Å². The molecule has 2 aromatic carbocycles. The van der Waals surface area contributed by atoms with E-state index in [2.05, 4.69) is 16.2 Å². The summed E-state index contributed by atoms with van der Waals surface area (Å²) in [7, 11) is 0. The minimum absolute atomic E-state index is 0.476. The molecule has 2 rings (SSSR count). The lowest BCUT2D eigenvalue weighted by molar-refractivity contribution is 1.14. The Labute approximate surface area is 111 Å². The molecule has 0 unspecified atom stereocenters. The van der Waals surface area contributed by atoms with Crippen molar-refractivity contribution in [3.63, 3.8) is 0 Å². The van der Waals surface area contributed by atoms with Crippen molar-refractivity contribution in [1.82, 2.24) is 5.43 Å². The summed E-state index contributed by atoms with van der Waals surface area (Å²) in [6, 6.07) is 17.2. The van der Waals surface area contributed by atoms with Crippen LogP contribution in [0.2, 0.25) is 0 Å². The van der Waals surface area contributed by atoms with E-state index in [-0.39, 0.29) is 0 Å². The fraction of sp³-hybridized carbons (Fsp3) is 0. The quantitative estimate of drug-likeness (QED) is 0.387. The van der Waals surface area contributed by atoms with Gasteiger partial charge in [0.15, 0.2) is 5.11 Å². The monoisotopic (exact) mass is 258 g/mol. The van der Waals surface area contributed by atoms with Gasteiger partial charge < -0.3 is 11.1 Å². The Morgan fingerprint density at radius 1 is 0.944 bits per heavy atom. The number of benzene rings is 2. The fourth-order valence-electron chi connectivity index (χ4n) is 1.42. The molecular weight excluding hydrogens is 244 g/mol. The van der Waals surface area contributed by atoms with Crippen LogP contribution in [0.25, 0.3) is 0 Å². The number of anilines is 3. The van der Waals surface area contributed by atoms with Gasteiger partial charge in [-0.2, -0.15) is 0 Å². The molecule has 0 aliphatic carbocycles. The van der Waals surface area contributed by atoms with Crippen LogP contribution < -0.4 is 21.9 Å². The molecule has 0 radical (unpaired) electrons. The molecule has 5 heteroatoms. The first-order valence-corrected chi connectivity index (χ1v) is 5.89. The second kappa shape index (κ2) is 5.88. The summed E-state index contributed by atoms with van der Waals surface area (Å²) in [4.78, 5) is 0. The number of para-hydroxylation sites is 3. The van der Waals surface area contributed by atoms with E-state index in [1.54, 1.807) is 0 Å². The van der Waals surface area contributed by atoms with Gasteiger partial charge in [-0.05, 0) is 36.5 Å². The van der Waals surface area contributed by atoms with Gasteiger partial charge in [-0.3, -0.25) is 10.9 Å². The molecule has 2 aromatic rings. The van der Waals surface area contributed by atoms with Crippen molar-refractivity contribution >= 4 is 34.4 Å². The van der Waals surface area contributed by atoms with Gasteiger partial charge in [0.25, 0.3) is 0 Å². The number of thiocarbonyl (C=S) groups is 1. The normalized spacial score (nSPS) is 9.56. The van der Waals surface area contributed by atoms with Crippen LogP contribution in [0, 0.1) is 0 Å². The van der Waals surface area contributed by atoms with E-state index < -0.39 is 0 Å². The number of nitrogen functional groups attached to an aromatic ring is 1. The molecule has 5 N–H and O–H groups in total. The second-order valence-corrected chi connectivity index (χ2v) is 4.07. The highest BCUT2D eigenvalue weighted by Crippen LogP contribution is 2.15. The fourth-order valence-corrected chi connectivity index (χ4v) is 1.59. The maximum atomic E-state index is 5.79. The molecule has 0 atom stereocenters. The average Bonchev–Trinajstić information content (AvgIpc) is 2.39. The van der Waals surface area contributed by atoms with E-state index in [0.717, 1.165) is 11.4 Å². The predicted molar refractivity (Wildman–Crippen MR) is 80.3 cm³/mol. The summed E-state index contributed by atoms with van der Waals surface area (Å²) in [5.41, 5.74) is 14.0. The van der Waals surface area contributed by atoms with Gasteiger partial charge in [0.2, 0.25) is 0 Å². The van der Waals surface area contributed by atoms with Gasteiger partial charge in [-0.25, -0.2) is 0 Å². The molecule has 18 heavy (non-hydrogen) atoms. The molecule has 0 aliphatic rings. The van der Waals surface area contributed by atoms with Gasteiger partial charge in [0, 0.05) is 5.69 Å². The summed E-state index contributed by atoms with van der Waals surface area (Å²) < 4.78 is 0. The molecule has 0 bridgehead atoms. The zero-order valence-electron chi connectivity index (χ0n) is 9.68. The second-order valence-electron chi connectivity index (χ2n) is 3.66. The van der Waals surface area contributed by atoms with E-state index in [9.17, 15) is 0 Å². The van der Waals surface area contributed by atoms with Crippen molar-refractivity contribution in [2.75, 3.05) is 16.5 Å². The van der Waals surface area contributed by atoms with E-state index in [1.165, 1.54) is 0 Å². The van der Waals surface area contributed by atoms with Crippen molar-refractivity contribution in [1.29, 1.82) is 0 Å². The average molecular weight is 258 g/mol. The van der Waals surface area contributed by atoms with Crippen LogP contribution in [0.1, 0.15) is 0 Å². The zero-order valence-corrected chi connectivity index (χ0v) is 10.5. The van der Waals surface area contributed by atoms with E-state index in [4.69, 9.17) is 18.0 Å². The largest absolute Gasteiger partial charge is 0.397 e. The number of nitrogens with one attached hydrogen (secondary N) is 3. The third-order valence-electron chi connectivity index (χ3n) is 2.30. The van der Waals surface area contributed by atoms with E-state index in [0.29, 0.717) is 10.8 Å². The standard InChI is InChI=1S/C13H14N4S/c14-11-8-4-5-9-12(11)16-17-13(18)15-10-6-2-1-3-7-10/h1-9,16H,14H2,(H2,15,17,18). The lowest BCUT2D eigenvalue weighted by Crippen LogP contribution is -2.33. The maximum absolute atomic E-state index is 5.79. The minimum atomic E-state index is 0.476. The highest BCUT2D eigenvalue weighted by atomic mass is 32.1. The smallest absolute Gasteiger partial charge is 0.189 e. The minimum Gasteiger partial charge on any atom is -0.397 e. The first-order valence-electron chi connectivity index (χ1n) is 5.48. The van der Waals surface area contributed by atoms with Crippen molar-refractivity contribution in [3.8, 4) is 0 Å². The lowest BCUT2D eigenvalue weighted by atomic mass is 10.3. The zero-order chi connectivity index (χ0) is 12.8. The molecule has 0 spiro atoms. The Morgan fingerprint density at radius 3 is 2.33 bits per heavy atom. The summed E-state index contributed by atoms with van der Waals surface area (Å²) >= 11 is 5.15. The first kappa shape index (κ1) is 12.2. The third kappa shape index (κ3) is 3.36. The molecule has 4 nitrogen and oxygen atoms in total. The Hall–Kier alpha value is -2.27. The summed E-state index contributed by atoms with van der Waals surface area (Å²) in [5, 5.41) is 3.52. The van der Waals surface area contributed by atoms with Crippen molar-refractivity contribution in [3.05, 3.63) is 54.6 Å². The first-order chi connectivity index (χ1) is 8.75. The lowest BCUT2D eigenvalue weighted by Gasteiger charge is -2.13. The van der Waals surface area contributed by atoms with Crippen LogP contribution in [0.5, 0.6) is 0 Å². The molecule has 0 saturated heterocycles. The van der Waals surface area contributed by atoms with Crippen LogP contribution in [0.4, 0.5) is 17.1 Å². The van der Waals surface area contributed by atoms with Crippen LogP contribution in [0.15, 0.2) is 54.6 Å². The van der Waals surface area contributed by atoms with Gasteiger partial charge in [0.05, 0.1) is 11.4 Å². The molecule has 0 aliphatic heterocycles. The van der Waals surface area contributed by atoms with E-state index >= 15 is 0 Å². The highest BCUT2D eigenvalue weighted by molar-refractivity contribution is 7.80. The van der Waals surface area contributed by atoms with Gasteiger partial charge >= 0.3 is 0 Å². The summed E-state index contributed by atoms with van der Waals surface area (Å²) in [6.07, 6.45) is 0. The Morgan fingerprint density at radius 2 is 1.61 bits per heavy atom. The van der Waals surface area contributed by atoms with Crippen LogP contribution >= 0.6 is 12.2 Å². The maximum Gasteiger partial charge on any atom is 0.189 e. The summed E-state index contributed by atoms with van der Waals surface area (Å²) in [5.74, 6) is 0. The number of nitrogens with two attached hydrogens (primary N) is 1. The summed E-state index contributed by atoms with van der Waals surface area (Å²) in [6.45, 7) is 0. The van der Waals surface area contributed by atoms with Crippen LogP contribution in [-0.2, 0) is 0 Å². The molecule has 92 valence electrons. The van der Waals surface area contributed by atoms with Crippen molar-refractivity contribution in [2.24, 2.45) is 0 Å². The molecule has 0 heterocycles. The van der Waals surface area contributed by atoms with Crippen molar-refractivity contribution < 1.29 is 0 Å².